The third kappa shape index (κ3) is 5.54. The Balaban J connectivity index is 1.45. The number of hydrogen-bond donors (Lipinski definition) is 1. The van der Waals surface area contributed by atoms with Crippen molar-refractivity contribution in [3.8, 4) is 29.1 Å². The molecule has 41 heavy (non-hydrogen) atoms. The van der Waals surface area contributed by atoms with Crippen LogP contribution >= 0.6 is 11.6 Å². The monoisotopic (exact) mass is 572 g/mol. The normalized spacial score (nSPS) is 14.4. The third-order valence-electron chi connectivity index (χ3n) is 6.96. The van der Waals surface area contributed by atoms with Gasteiger partial charge in [-0.2, -0.15) is 5.26 Å². The van der Waals surface area contributed by atoms with Gasteiger partial charge in [0.15, 0.2) is 11.5 Å². The standard InChI is InChI=1S/C32H29ClN2O6/c1-17(2)11-12-38-26-9-5-19(13-28(26)37-4)29-22-8-7-21(15-27(22)41-31(35)24(29)16-34)39-32(36)30-18(3)23-14-20(33)6-10-25(23)40-30/h5-10,13-15,17,29H,11-12,35H2,1-4H3. The Kier molecular flexibility index (Phi) is 7.82. The Labute approximate surface area is 242 Å². The van der Waals surface area contributed by atoms with Crippen LogP contribution in [0.25, 0.3) is 11.0 Å². The zero-order valence-electron chi connectivity index (χ0n) is 23.1. The van der Waals surface area contributed by atoms with Gasteiger partial charge in [-0.3, -0.25) is 0 Å². The number of carbonyl (C=O) groups is 1. The smallest absolute Gasteiger partial charge is 0.379 e. The Hall–Kier alpha value is -4.61. The molecule has 210 valence electrons. The maximum absolute atomic E-state index is 13.0. The Morgan fingerprint density at radius 1 is 1.12 bits per heavy atom. The molecule has 1 aromatic heterocycles. The van der Waals surface area contributed by atoms with Crippen molar-refractivity contribution in [2.75, 3.05) is 13.7 Å². The highest BCUT2D eigenvalue weighted by atomic mass is 35.5. The van der Waals surface area contributed by atoms with Gasteiger partial charge in [0.05, 0.1) is 19.6 Å². The first-order chi connectivity index (χ1) is 19.7. The van der Waals surface area contributed by atoms with Crippen LogP contribution in [0, 0.1) is 24.2 Å². The number of nitrogens with zero attached hydrogens (tertiary/aromatic N) is 1. The number of nitrogens with two attached hydrogens (primary N) is 1. The van der Waals surface area contributed by atoms with Gasteiger partial charge < -0.3 is 29.1 Å². The van der Waals surface area contributed by atoms with E-state index in [1.807, 2.05) is 18.2 Å². The van der Waals surface area contributed by atoms with E-state index in [1.165, 1.54) is 0 Å². The highest BCUT2D eigenvalue weighted by molar-refractivity contribution is 6.31. The van der Waals surface area contributed by atoms with E-state index in [4.69, 9.17) is 40.7 Å². The Bertz CT molecular complexity index is 1720. The van der Waals surface area contributed by atoms with Crippen LogP contribution in [0.5, 0.6) is 23.0 Å². The number of allylic oxidation sites excluding steroid dienone is 1. The number of hydrogen-bond acceptors (Lipinski definition) is 8. The van der Waals surface area contributed by atoms with Gasteiger partial charge in [-0.25, -0.2) is 4.79 Å². The van der Waals surface area contributed by atoms with Gasteiger partial charge in [0, 0.05) is 27.6 Å². The molecule has 0 bridgehead atoms. The van der Waals surface area contributed by atoms with E-state index >= 15 is 0 Å². The second-order valence-electron chi connectivity index (χ2n) is 10.2. The molecule has 3 aromatic carbocycles. The maximum Gasteiger partial charge on any atom is 0.379 e. The van der Waals surface area contributed by atoms with Gasteiger partial charge in [0.25, 0.3) is 0 Å². The highest BCUT2D eigenvalue weighted by Crippen LogP contribution is 2.45. The molecule has 2 heterocycles. The molecule has 1 unspecified atom stereocenters. The fraction of sp³-hybridized carbons (Fsp3) is 0.250. The fourth-order valence-corrected chi connectivity index (χ4v) is 4.94. The molecule has 2 N–H and O–H groups in total. The molecule has 1 aliphatic heterocycles. The predicted molar refractivity (Wildman–Crippen MR) is 155 cm³/mol. The van der Waals surface area contributed by atoms with Crippen LogP contribution in [0.15, 0.2) is 70.5 Å². The third-order valence-corrected chi connectivity index (χ3v) is 7.19. The lowest BCUT2D eigenvalue weighted by molar-refractivity contribution is 0.0702. The Morgan fingerprint density at radius 2 is 1.93 bits per heavy atom. The molecule has 0 saturated heterocycles. The molecule has 9 heteroatoms. The molecule has 1 aliphatic rings. The van der Waals surface area contributed by atoms with Crippen LogP contribution in [-0.2, 0) is 0 Å². The van der Waals surface area contributed by atoms with Crippen molar-refractivity contribution in [1.82, 2.24) is 0 Å². The van der Waals surface area contributed by atoms with Gasteiger partial charge in [0.2, 0.25) is 11.6 Å². The molecule has 0 spiro atoms. The summed E-state index contributed by atoms with van der Waals surface area (Å²) in [5, 5.41) is 11.2. The van der Waals surface area contributed by atoms with Crippen molar-refractivity contribution in [3.05, 3.63) is 93.5 Å². The molecule has 5 rings (SSSR count). The summed E-state index contributed by atoms with van der Waals surface area (Å²) in [6.45, 7) is 6.60. The minimum Gasteiger partial charge on any atom is -0.493 e. The van der Waals surface area contributed by atoms with Gasteiger partial charge in [-0.1, -0.05) is 37.6 Å². The highest BCUT2D eigenvalue weighted by Gasteiger charge is 2.32. The van der Waals surface area contributed by atoms with Crippen LogP contribution in [0.3, 0.4) is 0 Å². The summed E-state index contributed by atoms with van der Waals surface area (Å²) in [4.78, 5) is 13.0. The van der Waals surface area contributed by atoms with Crippen LogP contribution in [-0.4, -0.2) is 19.7 Å². The van der Waals surface area contributed by atoms with E-state index in [2.05, 4.69) is 19.9 Å². The summed E-state index contributed by atoms with van der Waals surface area (Å²) in [7, 11) is 1.57. The molecule has 8 nitrogen and oxygen atoms in total. The van der Waals surface area contributed by atoms with Crippen molar-refractivity contribution in [2.45, 2.75) is 33.1 Å². The van der Waals surface area contributed by atoms with Crippen LogP contribution in [0.1, 0.15) is 53.4 Å². The summed E-state index contributed by atoms with van der Waals surface area (Å²) >= 11 is 6.10. The number of fused-ring (bicyclic) bond motifs is 2. The average Bonchev–Trinajstić information content (AvgIpc) is 3.27. The zero-order valence-corrected chi connectivity index (χ0v) is 23.9. The van der Waals surface area contributed by atoms with Crippen molar-refractivity contribution < 1.29 is 28.2 Å². The predicted octanol–water partition coefficient (Wildman–Crippen LogP) is 7.27. The molecule has 0 aliphatic carbocycles. The average molecular weight is 573 g/mol. The minimum atomic E-state index is -0.666. The molecule has 0 amide bonds. The van der Waals surface area contributed by atoms with Gasteiger partial charge in [-0.15, -0.1) is 0 Å². The van der Waals surface area contributed by atoms with Crippen LogP contribution in [0.4, 0.5) is 0 Å². The number of carbonyl (C=O) groups excluding carboxylic acids is 1. The maximum atomic E-state index is 13.0. The van der Waals surface area contributed by atoms with E-state index in [0.29, 0.717) is 51.5 Å². The van der Waals surface area contributed by atoms with Crippen LogP contribution < -0.4 is 24.7 Å². The molecule has 0 saturated carbocycles. The lowest BCUT2D eigenvalue weighted by atomic mass is 9.83. The number of nitriles is 1. The van der Waals surface area contributed by atoms with E-state index in [0.717, 1.165) is 17.4 Å². The Morgan fingerprint density at radius 3 is 2.66 bits per heavy atom. The molecule has 0 fully saturated rings. The topological polar surface area (TPSA) is 117 Å². The largest absolute Gasteiger partial charge is 0.493 e. The number of esters is 1. The molecule has 1 atom stereocenters. The zero-order chi connectivity index (χ0) is 29.3. The number of furan rings is 1. The number of rotatable bonds is 8. The lowest BCUT2D eigenvalue weighted by Crippen LogP contribution is -2.21. The lowest BCUT2D eigenvalue weighted by Gasteiger charge is -2.27. The van der Waals surface area contributed by atoms with Gasteiger partial charge in [0.1, 0.15) is 28.7 Å². The quantitative estimate of drug-likeness (QED) is 0.173. The first-order valence-corrected chi connectivity index (χ1v) is 13.5. The second-order valence-corrected chi connectivity index (χ2v) is 10.6. The second kappa shape index (κ2) is 11.5. The van der Waals surface area contributed by atoms with E-state index in [9.17, 15) is 10.1 Å². The van der Waals surface area contributed by atoms with E-state index < -0.39 is 11.9 Å². The fourth-order valence-electron chi connectivity index (χ4n) is 4.77. The number of methoxy groups -OCH3 is 1. The summed E-state index contributed by atoms with van der Waals surface area (Å²) in [6.07, 6.45) is 0.910. The first kappa shape index (κ1) is 27.9. The number of ether oxygens (including phenoxy) is 4. The summed E-state index contributed by atoms with van der Waals surface area (Å²) in [5.74, 6) is 1.11. The van der Waals surface area contributed by atoms with Crippen LogP contribution in [0.2, 0.25) is 5.02 Å². The number of benzene rings is 3. The number of halogens is 1. The van der Waals surface area contributed by atoms with Crippen molar-refractivity contribution >= 4 is 28.5 Å². The van der Waals surface area contributed by atoms with E-state index in [-0.39, 0.29) is 23.0 Å². The van der Waals surface area contributed by atoms with Crippen molar-refractivity contribution in [1.29, 1.82) is 5.26 Å². The summed E-state index contributed by atoms with van der Waals surface area (Å²) in [5.41, 5.74) is 9.05. The van der Waals surface area contributed by atoms with Crippen molar-refractivity contribution in [3.63, 3.8) is 0 Å². The summed E-state index contributed by atoms with van der Waals surface area (Å²) in [6, 6.07) is 17.8. The molecular formula is C32H29ClN2O6. The molecular weight excluding hydrogens is 544 g/mol. The van der Waals surface area contributed by atoms with Gasteiger partial charge in [-0.05, 0) is 61.2 Å². The number of aryl methyl sites for hydroxylation is 1. The first-order valence-electron chi connectivity index (χ1n) is 13.1. The van der Waals surface area contributed by atoms with E-state index in [1.54, 1.807) is 50.4 Å². The SMILES string of the molecule is COc1cc(C2C(C#N)=C(N)Oc3cc(OC(=O)c4oc5ccc(Cl)cc5c4C)ccc32)ccc1OCCC(C)C. The van der Waals surface area contributed by atoms with Crippen molar-refractivity contribution in [2.24, 2.45) is 11.7 Å². The van der Waals surface area contributed by atoms with Gasteiger partial charge >= 0.3 is 5.97 Å². The summed E-state index contributed by atoms with van der Waals surface area (Å²) < 4.78 is 28.7. The minimum absolute atomic E-state index is 0.0327. The molecule has 4 aromatic rings. The molecule has 0 radical (unpaired) electrons.